The standard InChI is InChI=1S/C11H14N2O6S/c1-4(14)11(2)8(17)13-6(7(15)16)5(20-9(11)13)3-19-10(12)18/h4,9,14H,3H2,1-2H3,(H2,12,18)(H,15,16)/t4-,9-,11+/m1/s1. The Morgan fingerprint density at radius 1 is 1.60 bits per heavy atom. The van der Waals surface area contributed by atoms with Crippen molar-refractivity contribution in [3.8, 4) is 0 Å². The number of β-lactam (4-membered cyclic amide) rings is 1. The highest BCUT2D eigenvalue weighted by Crippen LogP contribution is 2.56. The van der Waals surface area contributed by atoms with Gasteiger partial charge in [0.15, 0.2) is 0 Å². The number of hydrogen-bond donors (Lipinski definition) is 3. The Hall–Kier alpha value is -1.74. The predicted molar refractivity (Wildman–Crippen MR) is 68.2 cm³/mol. The lowest BCUT2D eigenvalue weighted by atomic mass is 9.75. The van der Waals surface area contributed by atoms with Crippen LogP contribution in [-0.4, -0.2) is 51.2 Å². The molecule has 9 heteroatoms. The predicted octanol–water partition coefficient (Wildman–Crippen LogP) is -0.320. The Kier molecular flexibility index (Phi) is 3.42. The van der Waals surface area contributed by atoms with Crippen LogP contribution >= 0.6 is 11.8 Å². The fraction of sp³-hybridized carbons (Fsp3) is 0.545. The number of nitrogens with two attached hydrogens (primary N) is 1. The van der Waals surface area contributed by atoms with Gasteiger partial charge in [0, 0.05) is 0 Å². The highest BCUT2D eigenvalue weighted by Gasteiger charge is 2.65. The molecule has 20 heavy (non-hydrogen) atoms. The van der Waals surface area contributed by atoms with Crippen LogP contribution < -0.4 is 5.73 Å². The van der Waals surface area contributed by atoms with E-state index in [-0.39, 0.29) is 17.2 Å². The zero-order valence-electron chi connectivity index (χ0n) is 10.8. The van der Waals surface area contributed by atoms with Gasteiger partial charge in [0.1, 0.15) is 23.1 Å². The van der Waals surface area contributed by atoms with Crippen molar-refractivity contribution in [3.63, 3.8) is 0 Å². The van der Waals surface area contributed by atoms with Gasteiger partial charge in [0.2, 0.25) is 5.91 Å². The zero-order valence-corrected chi connectivity index (χ0v) is 11.6. The number of carboxylic acid groups (broad SMARTS) is 1. The average molecular weight is 302 g/mol. The van der Waals surface area contributed by atoms with Crippen molar-refractivity contribution in [3.05, 3.63) is 10.6 Å². The summed E-state index contributed by atoms with van der Waals surface area (Å²) in [6.07, 6.45) is -1.95. The van der Waals surface area contributed by atoms with Crippen molar-refractivity contribution < 1.29 is 29.3 Å². The quantitative estimate of drug-likeness (QED) is 0.607. The second kappa shape index (κ2) is 4.67. The molecule has 0 saturated carbocycles. The molecule has 110 valence electrons. The van der Waals surface area contributed by atoms with Gasteiger partial charge in [0.05, 0.1) is 11.0 Å². The molecule has 0 aromatic carbocycles. The Bertz CT molecular complexity index is 531. The molecule has 4 N–H and O–H groups in total. The largest absolute Gasteiger partial charge is 0.477 e. The van der Waals surface area contributed by atoms with Gasteiger partial charge in [-0.2, -0.15) is 0 Å². The second-order valence-electron chi connectivity index (χ2n) is 4.79. The molecule has 2 heterocycles. The number of carboxylic acids is 1. The summed E-state index contributed by atoms with van der Waals surface area (Å²) in [4.78, 5) is 35.4. The minimum Gasteiger partial charge on any atom is -0.477 e. The molecular weight excluding hydrogens is 288 g/mol. The third-order valence-corrected chi connectivity index (χ3v) is 5.12. The highest BCUT2D eigenvalue weighted by atomic mass is 32.2. The first-order chi connectivity index (χ1) is 9.21. The fourth-order valence-electron chi connectivity index (χ4n) is 2.24. The van der Waals surface area contributed by atoms with E-state index in [0.717, 1.165) is 16.7 Å². The third kappa shape index (κ3) is 1.85. The Morgan fingerprint density at radius 3 is 2.65 bits per heavy atom. The fourth-order valence-corrected chi connectivity index (χ4v) is 3.78. The molecule has 0 radical (unpaired) electrons. The molecule has 2 aliphatic heterocycles. The molecule has 1 fully saturated rings. The first-order valence-corrected chi connectivity index (χ1v) is 6.66. The minimum absolute atomic E-state index is 0.218. The molecule has 0 aromatic heterocycles. The Labute approximate surface area is 118 Å². The summed E-state index contributed by atoms with van der Waals surface area (Å²) in [6.45, 7) is 2.75. The van der Waals surface area contributed by atoms with Gasteiger partial charge in [0.25, 0.3) is 0 Å². The SMILES string of the molecule is C[C@@H](O)[C@@]1(C)C(=O)N2C(C(=O)O)=C(COC(N)=O)S[C@@H]21. The van der Waals surface area contributed by atoms with E-state index in [1.165, 1.54) is 6.92 Å². The topological polar surface area (TPSA) is 130 Å². The summed E-state index contributed by atoms with van der Waals surface area (Å²) in [5.41, 5.74) is 3.57. The van der Waals surface area contributed by atoms with Crippen molar-refractivity contribution in [2.45, 2.75) is 25.3 Å². The van der Waals surface area contributed by atoms with Crippen LogP contribution in [0, 0.1) is 5.41 Å². The van der Waals surface area contributed by atoms with Crippen LogP contribution in [0.4, 0.5) is 4.79 Å². The van der Waals surface area contributed by atoms with E-state index in [9.17, 15) is 24.6 Å². The molecule has 2 aliphatic rings. The number of ether oxygens (including phenoxy) is 1. The van der Waals surface area contributed by atoms with E-state index in [4.69, 9.17) is 5.73 Å². The van der Waals surface area contributed by atoms with E-state index in [1.54, 1.807) is 6.92 Å². The van der Waals surface area contributed by atoms with Crippen molar-refractivity contribution >= 4 is 29.7 Å². The van der Waals surface area contributed by atoms with Gasteiger partial charge in [-0.3, -0.25) is 9.69 Å². The Morgan fingerprint density at radius 2 is 2.20 bits per heavy atom. The first kappa shape index (κ1) is 14.7. The van der Waals surface area contributed by atoms with Crippen LogP contribution in [-0.2, 0) is 14.3 Å². The highest BCUT2D eigenvalue weighted by molar-refractivity contribution is 8.04. The molecule has 1 saturated heterocycles. The molecule has 2 amide bonds. The van der Waals surface area contributed by atoms with E-state index >= 15 is 0 Å². The molecule has 0 unspecified atom stereocenters. The van der Waals surface area contributed by atoms with Crippen LogP contribution in [0.1, 0.15) is 13.8 Å². The molecule has 0 spiro atoms. The van der Waals surface area contributed by atoms with E-state index in [0.29, 0.717) is 0 Å². The van der Waals surface area contributed by atoms with Crippen molar-refractivity contribution in [2.24, 2.45) is 11.1 Å². The number of aliphatic hydroxyl groups is 1. The van der Waals surface area contributed by atoms with E-state index < -0.39 is 34.9 Å². The number of aliphatic carboxylic acids is 1. The van der Waals surface area contributed by atoms with Gasteiger partial charge < -0.3 is 20.7 Å². The third-order valence-electron chi connectivity index (χ3n) is 3.60. The van der Waals surface area contributed by atoms with Crippen molar-refractivity contribution in [1.29, 1.82) is 0 Å². The Balaban J connectivity index is 2.29. The average Bonchev–Trinajstić information content (AvgIpc) is 2.71. The van der Waals surface area contributed by atoms with Crippen LogP contribution in [0.25, 0.3) is 0 Å². The lowest BCUT2D eigenvalue weighted by Crippen LogP contribution is -2.68. The maximum absolute atomic E-state index is 12.1. The number of amides is 2. The molecule has 0 aromatic rings. The lowest BCUT2D eigenvalue weighted by molar-refractivity contribution is -0.170. The number of hydrogen-bond acceptors (Lipinski definition) is 6. The first-order valence-electron chi connectivity index (χ1n) is 5.78. The number of carbonyl (C=O) groups excluding carboxylic acids is 2. The number of nitrogens with zero attached hydrogens (tertiary/aromatic N) is 1. The number of rotatable bonds is 4. The number of thioether (sulfide) groups is 1. The van der Waals surface area contributed by atoms with Crippen LogP contribution in [0.15, 0.2) is 10.6 Å². The summed E-state index contributed by atoms with van der Waals surface area (Å²) >= 11 is 1.09. The van der Waals surface area contributed by atoms with E-state index in [2.05, 4.69) is 4.74 Å². The summed E-state index contributed by atoms with van der Waals surface area (Å²) in [6, 6.07) is 0. The molecule has 3 atom stereocenters. The zero-order chi connectivity index (χ0) is 15.2. The summed E-state index contributed by atoms with van der Waals surface area (Å²) < 4.78 is 4.59. The summed E-state index contributed by atoms with van der Waals surface area (Å²) in [7, 11) is 0. The van der Waals surface area contributed by atoms with Gasteiger partial charge in [-0.25, -0.2) is 9.59 Å². The monoisotopic (exact) mass is 302 g/mol. The molecule has 0 aliphatic carbocycles. The number of primary amides is 1. The molecule has 0 bridgehead atoms. The summed E-state index contributed by atoms with van der Waals surface area (Å²) in [5, 5.41) is 18.4. The molecule has 8 nitrogen and oxygen atoms in total. The lowest BCUT2D eigenvalue weighted by Gasteiger charge is -2.51. The number of fused-ring (bicyclic) bond motifs is 1. The van der Waals surface area contributed by atoms with Gasteiger partial charge in [-0.1, -0.05) is 11.8 Å². The maximum Gasteiger partial charge on any atom is 0.404 e. The van der Waals surface area contributed by atoms with E-state index in [1.807, 2.05) is 0 Å². The maximum atomic E-state index is 12.1. The summed E-state index contributed by atoms with van der Waals surface area (Å²) in [5.74, 6) is -1.75. The van der Waals surface area contributed by atoms with Crippen molar-refractivity contribution in [2.75, 3.05) is 6.61 Å². The van der Waals surface area contributed by atoms with Crippen LogP contribution in [0.2, 0.25) is 0 Å². The van der Waals surface area contributed by atoms with Crippen molar-refractivity contribution in [1.82, 2.24) is 4.90 Å². The molecular formula is C11H14N2O6S. The molecule has 2 rings (SSSR count). The number of aliphatic hydroxyl groups excluding tert-OH is 1. The van der Waals surface area contributed by atoms with Crippen LogP contribution in [0.3, 0.4) is 0 Å². The smallest absolute Gasteiger partial charge is 0.404 e. The second-order valence-corrected chi connectivity index (χ2v) is 5.96. The number of carbonyl (C=O) groups is 3. The van der Waals surface area contributed by atoms with Gasteiger partial charge in [-0.05, 0) is 13.8 Å². The minimum atomic E-state index is -1.29. The van der Waals surface area contributed by atoms with Crippen LogP contribution in [0.5, 0.6) is 0 Å². The van der Waals surface area contributed by atoms with Gasteiger partial charge >= 0.3 is 12.1 Å². The van der Waals surface area contributed by atoms with Gasteiger partial charge in [-0.15, -0.1) is 0 Å². The normalized spacial score (nSPS) is 29.9.